The molecule has 0 radical (unpaired) electrons. The van der Waals surface area contributed by atoms with Crippen molar-refractivity contribution in [3.05, 3.63) is 36.2 Å². The van der Waals surface area contributed by atoms with E-state index in [1.54, 1.807) is 0 Å². The molecule has 2 aliphatic heterocycles. The van der Waals surface area contributed by atoms with Crippen LogP contribution in [0, 0.1) is 0 Å². The normalized spacial score (nSPS) is 29.9. The van der Waals surface area contributed by atoms with Crippen molar-refractivity contribution >= 4 is 16.5 Å². The summed E-state index contributed by atoms with van der Waals surface area (Å²) in [5, 5.41) is 2.73. The van der Waals surface area contributed by atoms with Gasteiger partial charge in [-0.2, -0.15) is 0 Å². The molecule has 0 bridgehead atoms. The highest BCUT2D eigenvalue weighted by molar-refractivity contribution is 5.97. The van der Waals surface area contributed by atoms with Gasteiger partial charge in [-0.05, 0) is 63.1 Å². The fourth-order valence-electron chi connectivity index (χ4n) is 5.49. The highest BCUT2D eigenvalue weighted by atomic mass is 15.3. The van der Waals surface area contributed by atoms with E-state index in [9.17, 15) is 0 Å². The predicted octanol–water partition coefficient (Wildman–Crippen LogP) is 3.33. The van der Waals surface area contributed by atoms with Gasteiger partial charge in [-0.15, -0.1) is 0 Å². The highest BCUT2D eigenvalue weighted by Crippen LogP contribution is 2.36. The fourth-order valence-corrected chi connectivity index (χ4v) is 5.49. The van der Waals surface area contributed by atoms with Crippen molar-refractivity contribution in [1.29, 1.82) is 0 Å². The molecule has 4 heteroatoms. The van der Waals surface area contributed by atoms with E-state index in [2.05, 4.69) is 39.2 Å². The van der Waals surface area contributed by atoms with Crippen molar-refractivity contribution in [3.8, 4) is 0 Å². The SMILES string of the molecule is NC1CCC(N2CCCC(N3CCc4cncc5cccc3c45)C2)CC1. The average Bonchev–Trinajstić information content (AvgIpc) is 2.69. The number of benzene rings is 1. The van der Waals surface area contributed by atoms with Crippen molar-refractivity contribution < 1.29 is 0 Å². The van der Waals surface area contributed by atoms with E-state index in [0.29, 0.717) is 12.1 Å². The van der Waals surface area contributed by atoms with Gasteiger partial charge < -0.3 is 10.6 Å². The molecule has 3 aliphatic rings. The molecule has 138 valence electrons. The lowest BCUT2D eigenvalue weighted by atomic mass is 9.88. The summed E-state index contributed by atoms with van der Waals surface area (Å²) in [6.45, 7) is 3.62. The number of piperidine rings is 1. The van der Waals surface area contributed by atoms with E-state index in [1.165, 1.54) is 73.6 Å². The first-order chi connectivity index (χ1) is 12.8. The van der Waals surface area contributed by atoms with Gasteiger partial charge in [0.05, 0.1) is 0 Å². The van der Waals surface area contributed by atoms with Crippen LogP contribution in [0.5, 0.6) is 0 Å². The van der Waals surface area contributed by atoms with E-state index in [0.717, 1.165) is 19.0 Å². The predicted molar refractivity (Wildman–Crippen MR) is 108 cm³/mol. The van der Waals surface area contributed by atoms with Crippen molar-refractivity contribution in [2.24, 2.45) is 5.73 Å². The smallest absolute Gasteiger partial charge is 0.0452 e. The maximum absolute atomic E-state index is 6.13. The molecule has 1 saturated heterocycles. The summed E-state index contributed by atoms with van der Waals surface area (Å²) in [5.74, 6) is 0. The van der Waals surface area contributed by atoms with Crippen molar-refractivity contribution in [1.82, 2.24) is 9.88 Å². The number of likely N-dealkylation sites (tertiary alicyclic amines) is 1. The highest BCUT2D eigenvalue weighted by Gasteiger charge is 2.32. The summed E-state index contributed by atoms with van der Waals surface area (Å²) in [6.07, 6.45) is 12.8. The second-order valence-electron chi connectivity index (χ2n) is 8.48. The van der Waals surface area contributed by atoms with Crippen LogP contribution in [0.15, 0.2) is 30.6 Å². The molecule has 5 rings (SSSR count). The van der Waals surface area contributed by atoms with Gasteiger partial charge in [0.2, 0.25) is 0 Å². The van der Waals surface area contributed by atoms with Crippen LogP contribution in [0.25, 0.3) is 10.8 Å². The van der Waals surface area contributed by atoms with Gasteiger partial charge in [0, 0.05) is 60.1 Å². The van der Waals surface area contributed by atoms with Crippen LogP contribution in [0.2, 0.25) is 0 Å². The lowest BCUT2D eigenvalue weighted by Gasteiger charge is -2.46. The Bertz CT molecular complexity index is 776. The molecule has 2 fully saturated rings. The molecule has 4 nitrogen and oxygen atoms in total. The zero-order chi connectivity index (χ0) is 17.5. The fraction of sp³-hybridized carbons (Fsp3) is 0.591. The van der Waals surface area contributed by atoms with Crippen LogP contribution in [0.3, 0.4) is 0 Å². The Balaban J connectivity index is 1.39. The van der Waals surface area contributed by atoms with Gasteiger partial charge in [0.25, 0.3) is 0 Å². The maximum atomic E-state index is 6.13. The third-order valence-electron chi connectivity index (χ3n) is 6.90. The zero-order valence-corrected chi connectivity index (χ0v) is 15.6. The minimum Gasteiger partial charge on any atom is -0.366 e. The molecule has 1 atom stereocenters. The molecule has 1 aromatic carbocycles. The van der Waals surface area contributed by atoms with Gasteiger partial charge in [0.1, 0.15) is 0 Å². The van der Waals surface area contributed by atoms with Crippen LogP contribution in [0.4, 0.5) is 5.69 Å². The first kappa shape index (κ1) is 16.5. The molecule has 1 aliphatic carbocycles. The van der Waals surface area contributed by atoms with Gasteiger partial charge in [-0.3, -0.25) is 9.88 Å². The minimum absolute atomic E-state index is 0.441. The summed E-state index contributed by atoms with van der Waals surface area (Å²) in [7, 11) is 0. The Hall–Kier alpha value is -1.65. The van der Waals surface area contributed by atoms with Gasteiger partial charge in [-0.25, -0.2) is 0 Å². The van der Waals surface area contributed by atoms with Crippen molar-refractivity contribution in [3.63, 3.8) is 0 Å². The Morgan fingerprint density at radius 3 is 2.73 bits per heavy atom. The van der Waals surface area contributed by atoms with E-state index < -0.39 is 0 Å². The number of nitrogens with two attached hydrogens (primary N) is 1. The largest absolute Gasteiger partial charge is 0.366 e. The van der Waals surface area contributed by atoms with E-state index >= 15 is 0 Å². The molecule has 3 heterocycles. The Morgan fingerprint density at radius 1 is 0.962 bits per heavy atom. The molecule has 1 saturated carbocycles. The zero-order valence-electron chi connectivity index (χ0n) is 15.6. The van der Waals surface area contributed by atoms with E-state index in [-0.39, 0.29) is 0 Å². The van der Waals surface area contributed by atoms with Crippen LogP contribution >= 0.6 is 0 Å². The molecule has 2 aromatic rings. The number of hydrogen-bond donors (Lipinski definition) is 1. The topological polar surface area (TPSA) is 45.4 Å². The molecular formula is C22H30N4. The summed E-state index contributed by atoms with van der Waals surface area (Å²) in [6, 6.07) is 8.57. The van der Waals surface area contributed by atoms with E-state index in [4.69, 9.17) is 5.73 Å². The maximum Gasteiger partial charge on any atom is 0.0452 e. The monoisotopic (exact) mass is 350 g/mol. The summed E-state index contributed by atoms with van der Waals surface area (Å²) in [5.41, 5.74) is 8.98. The molecule has 2 N–H and O–H groups in total. The first-order valence-corrected chi connectivity index (χ1v) is 10.4. The van der Waals surface area contributed by atoms with Crippen molar-refractivity contribution in [2.45, 2.75) is 63.1 Å². The van der Waals surface area contributed by atoms with Crippen LogP contribution in [-0.4, -0.2) is 47.6 Å². The summed E-state index contributed by atoms with van der Waals surface area (Å²) >= 11 is 0. The average molecular weight is 351 g/mol. The van der Waals surface area contributed by atoms with Crippen molar-refractivity contribution in [2.75, 3.05) is 24.5 Å². The van der Waals surface area contributed by atoms with E-state index in [1.807, 2.05) is 6.20 Å². The number of anilines is 1. The number of pyridine rings is 1. The molecule has 26 heavy (non-hydrogen) atoms. The Labute approximate surface area is 156 Å². The molecule has 1 unspecified atom stereocenters. The number of nitrogens with zero attached hydrogens (tertiary/aromatic N) is 3. The van der Waals surface area contributed by atoms with Crippen LogP contribution in [0.1, 0.15) is 44.1 Å². The number of aromatic nitrogens is 1. The van der Waals surface area contributed by atoms with Crippen LogP contribution in [-0.2, 0) is 6.42 Å². The molecule has 0 amide bonds. The minimum atomic E-state index is 0.441. The number of rotatable bonds is 2. The second-order valence-corrected chi connectivity index (χ2v) is 8.48. The lowest BCUT2D eigenvalue weighted by Crippen LogP contribution is -2.53. The summed E-state index contributed by atoms with van der Waals surface area (Å²) in [4.78, 5) is 9.92. The first-order valence-electron chi connectivity index (χ1n) is 10.4. The molecule has 0 spiro atoms. The van der Waals surface area contributed by atoms with Gasteiger partial charge >= 0.3 is 0 Å². The molecule has 1 aromatic heterocycles. The Kier molecular flexibility index (Phi) is 4.33. The third kappa shape index (κ3) is 2.89. The Morgan fingerprint density at radius 2 is 1.85 bits per heavy atom. The quantitative estimate of drug-likeness (QED) is 0.902. The lowest BCUT2D eigenvalue weighted by molar-refractivity contribution is 0.113. The summed E-state index contributed by atoms with van der Waals surface area (Å²) < 4.78 is 0. The number of hydrogen-bond acceptors (Lipinski definition) is 4. The van der Waals surface area contributed by atoms with Gasteiger partial charge in [-0.1, -0.05) is 12.1 Å². The standard InChI is InChI=1S/C22H30N4/c23-18-6-8-19(9-7-18)25-11-2-4-20(15-25)26-12-10-17-14-24-13-16-3-1-5-21(26)22(16)17/h1,3,5,13-14,18-20H,2,4,6-12,15,23H2. The van der Waals surface area contributed by atoms with Gasteiger partial charge in [0.15, 0.2) is 0 Å². The second kappa shape index (κ2) is 6.82. The molecular weight excluding hydrogens is 320 g/mol. The van der Waals surface area contributed by atoms with Crippen LogP contribution < -0.4 is 10.6 Å². The third-order valence-corrected chi connectivity index (χ3v) is 6.90.